The maximum atomic E-state index is 6.50. The molecular weight excluding hydrogens is 352 g/mol. The molecule has 0 atom stereocenters. The lowest BCUT2D eigenvalue weighted by atomic mass is 10.0. The van der Waals surface area contributed by atoms with Crippen molar-refractivity contribution in [1.82, 2.24) is 14.9 Å². The molecule has 0 aliphatic carbocycles. The molecule has 130 valence electrons. The lowest BCUT2D eigenvalue weighted by molar-refractivity contribution is 0.249. The summed E-state index contributed by atoms with van der Waals surface area (Å²) in [4.78, 5) is 13.9. The van der Waals surface area contributed by atoms with E-state index < -0.39 is 0 Å². The van der Waals surface area contributed by atoms with Gasteiger partial charge in [0.2, 0.25) is 0 Å². The Bertz CT molecular complexity index is 886. The van der Waals surface area contributed by atoms with Crippen LogP contribution in [0.2, 0.25) is 5.15 Å². The van der Waals surface area contributed by atoms with Gasteiger partial charge in [-0.25, -0.2) is 9.97 Å². The maximum absolute atomic E-state index is 6.50. The Morgan fingerprint density at radius 3 is 2.68 bits per heavy atom. The highest BCUT2D eigenvalue weighted by Crippen LogP contribution is 2.26. The first-order valence-corrected chi connectivity index (χ1v) is 9.80. The average Bonchev–Trinajstić information content (AvgIpc) is 3.15. The van der Waals surface area contributed by atoms with E-state index in [1.54, 1.807) is 11.3 Å². The Morgan fingerprint density at radius 1 is 1.16 bits per heavy atom. The summed E-state index contributed by atoms with van der Waals surface area (Å²) in [7, 11) is 0. The van der Waals surface area contributed by atoms with Gasteiger partial charge in [-0.2, -0.15) is 0 Å². The zero-order chi connectivity index (χ0) is 17.4. The van der Waals surface area contributed by atoms with E-state index in [1.807, 2.05) is 11.6 Å². The van der Waals surface area contributed by atoms with Gasteiger partial charge in [0.15, 0.2) is 5.13 Å². The van der Waals surface area contributed by atoms with Crippen LogP contribution < -0.4 is 4.90 Å². The van der Waals surface area contributed by atoms with Gasteiger partial charge in [-0.05, 0) is 31.0 Å². The molecule has 1 saturated heterocycles. The number of fused-ring (bicyclic) bond motifs is 1. The summed E-state index contributed by atoms with van der Waals surface area (Å²) in [5, 5.41) is 4.95. The summed E-state index contributed by atoms with van der Waals surface area (Å²) in [6.45, 7) is 9.11. The summed E-state index contributed by atoms with van der Waals surface area (Å²) >= 11 is 8.21. The van der Waals surface area contributed by atoms with Crippen LogP contribution in [-0.4, -0.2) is 41.0 Å². The number of hydrogen-bond donors (Lipinski definition) is 0. The first-order chi connectivity index (χ1) is 12.1. The molecule has 0 radical (unpaired) electrons. The lowest BCUT2D eigenvalue weighted by Gasteiger charge is -2.34. The van der Waals surface area contributed by atoms with E-state index >= 15 is 0 Å². The minimum atomic E-state index is 0.628. The second-order valence-corrected chi connectivity index (χ2v) is 7.83. The van der Waals surface area contributed by atoms with Crippen LogP contribution in [0, 0.1) is 13.8 Å². The van der Waals surface area contributed by atoms with Crippen molar-refractivity contribution in [1.29, 1.82) is 0 Å². The van der Waals surface area contributed by atoms with Gasteiger partial charge in [-0.1, -0.05) is 23.7 Å². The Kier molecular flexibility index (Phi) is 4.63. The van der Waals surface area contributed by atoms with Crippen molar-refractivity contribution < 1.29 is 0 Å². The molecule has 1 aromatic carbocycles. The number of aromatic nitrogens is 2. The van der Waals surface area contributed by atoms with Crippen molar-refractivity contribution in [3.8, 4) is 0 Å². The van der Waals surface area contributed by atoms with Crippen molar-refractivity contribution in [3.63, 3.8) is 0 Å². The van der Waals surface area contributed by atoms with Gasteiger partial charge in [-0.15, -0.1) is 11.3 Å². The molecule has 25 heavy (non-hydrogen) atoms. The highest BCUT2D eigenvalue weighted by molar-refractivity contribution is 7.13. The summed E-state index contributed by atoms with van der Waals surface area (Å²) in [6.07, 6.45) is 1.87. The highest BCUT2D eigenvalue weighted by Gasteiger charge is 2.20. The highest BCUT2D eigenvalue weighted by atomic mass is 35.5. The zero-order valence-electron chi connectivity index (χ0n) is 14.5. The summed E-state index contributed by atoms with van der Waals surface area (Å²) in [5.41, 5.74) is 4.59. The molecule has 0 saturated carbocycles. The molecule has 0 amide bonds. The topological polar surface area (TPSA) is 32.3 Å². The number of nitrogens with zero attached hydrogens (tertiary/aromatic N) is 4. The van der Waals surface area contributed by atoms with Crippen LogP contribution >= 0.6 is 22.9 Å². The fourth-order valence-electron chi connectivity index (χ4n) is 3.33. The standard InChI is InChI=1S/C19H21ClN4S/c1-13-3-4-15-11-16(18(20)22-17(15)14(13)2)12-23-6-8-24(9-7-23)19-21-5-10-25-19/h3-5,10-11H,6-9,12H2,1-2H3. The van der Waals surface area contributed by atoms with E-state index in [-0.39, 0.29) is 0 Å². The van der Waals surface area contributed by atoms with Gasteiger partial charge < -0.3 is 4.90 Å². The number of hydrogen-bond acceptors (Lipinski definition) is 5. The van der Waals surface area contributed by atoms with Gasteiger partial charge >= 0.3 is 0 Å². The summed E-state index contributed by atoms with van der Waals surface area (Å²) in [6, 6.07) is 6.50. The van der Waals surface area contributed by atoms with Gasteiger partial charge in [0, 0.05) is 55.3 Å². The van der Waals surface area contributed by atoms with Crippen LogP contribution in [0.25, 0.3) is 10.9 Å². The molecule has 3 heterocycles. The van der Waals surface area contributed by atoms with Crippen LogP contribution in [0.15, 0.2) is 29.8 Å². The molecule has 1 aliphatic heterocycles. The zero-order valence-corrected chi connectivity index (χ0v) is 16.1. The van der Waals surface area contributed by atoms with Crippen LogP contribution in [0.5, 0.6) is 0 Å². The van der Waals surface area contributed by atoms with Gasteiger partial charge in [-0.3, -0.25) is 4.90 Å². The number of thiazole rings is 1. The van der Waals surface area contributed by atoms with Crippen LogP contribution in [0.1, 0.15) is 16.7 Å². The molecule has 0 spiro atoms. The second kappa shape index (κ2) is 6.90. The molecule has 4 nitrogen and oxygen atoms in total. The maximum Gasteiger partial charge on any atom is 0.185 e. The van der Waals surface area contributed by atoms with E-state index in [1.165, 1.54) is 16.5 Å². The number of benzene rings is 1. The predicted molar refractivity (Wildman–Crippen MR) is 106 cm³/mol. The van der Waals surface area contributed by atoms with E-state index in [9.17, 15) is 0 Å². The van der Waals surface area contributed by atoms with Gasteiger partial charge in [0.1, 0.15) is 5.15 Å². The Labute approximate surface area is 157 Å². The molecule has 1 aliphatic rings. The molecule has 0 unspecified atom stereocenters. The molecule has 1 fully saturated rings. The molecular formula is C19H21ClN4S. The SMILES string of the molecule is Cc1ccc2cc(CN3CCN(c4nccs4)CC3)c(Cl)nc2c1C. The molecule has 0 bridgehead atoms. The third kappa shape index (κ3) is 3.36. The molecule has 2 aromatic heterocycles. The van der Waals surface area contributed by atoms with Crippen LogP contribution in [0.4, 0.5) is 5.13 Å². The fraction of sp³-hybridized carbons (Fsp3) is 0.368. The number of anilines is 1. The monoisotopic (exact) mass is 372 g/mol. The summed E-state index contributed by atoms with van der Waals surface area (Å²) in [5.74, 6) is 0. The van der Waals surface area contributed by atoms with Crippen molar-refractivity contribution in [3.05, 3.63) is 51.6 Å². The molecule has 6 heteroatoms. The van der Waals surface area contributed by atoms with E-state index in [2.05, 4.69) is 51.8 Å². The number of aryl methyl sites for hydroxylation is 2. The van der Waals surface area contributed by atoms with Crippen molar-refractivity contribution in [2.45, 2.75) is 20.4 Å². The van der Waals surface area contributed by atoms with Crippen LogP contribution in [0.3, 0.4) is 0 Å². The van der Waals surface area contributed by atoms with Gasteiger partial charge in [0.25, 0.3) is 0 Å². The summed E-state index contributed by atoms with van der Waals surface area (Å²) < 4.78 is 0. The lowest BCUT2D eigenvalue weighted by Crippen LogP contribution is -2.46. The number of rotatable bonds is 3. The average molecular weight is 373 g/mol. The first kappa shape index (κ1) is 16.8. The molecule has 0 N–H and O–H groups in total. The Hall–Kier alpha value is -1.69. The Balaban J connectivity index is 1.50. The van der Waals surface area contributed by atoms with E-state index in [4.69, 9.17) is 11.6 Å². The third-order valence-corrected chi connectivity index (χ3v) is 6.15. The smallest absolute Gasteiger partial charge is 0.185 e. The number of halogens is 1. The van der Waals surface area contributed by atoms with Gasteiger partial charge in [0.05, 0.1) is 5.52 Å². The van der Waals surface area contributed by atoms with Crippen LogP contribution in [-0.2, 0) is 6.54 Å². The molecule has 4 rings (SSSR count). The fourth-order valence-corrected chi connectivity index (χ4v) is 4.22. The number of pyridine rings is 1. The quantitative estimate of drug-likeness (QED) is 0.642. The van der Waals surface area contributed by atoms with Crippen molar-refractivity contribution in [2.24, 2.45) is 0 Å². The first-order valence-electron chi connectivity index (χ1n) is 8.54. The second-order valence-electron chi connectivity index (χ2n) is 6.60. The Morgan fingerprint density at radius 2 is 1.96 bits per heavy atom. The van der Waals surface area contributed by atoms with Crippen molar-refractivity contribution in [2.75, 3.05) is 31.1 Å². The minimum absolute atomic E-state index is 0.628. The minimum Gasteiger partial charge on any atom is -0.346 e. The third-order valence-electron chi connectivity index (χ3n) is 4.99. The van der Waals surface area contributed by atoms with Crippen molar-refractivity contribution >= 4 is 39.0 Å². The van der Waals surface area contributed by atoms with E-state index in [0.717, 1.165) is 48.9 Å². The largest absolute Gasteiger partial charge is 0.346 e. The van der Waals surface area contributed by atoms with E-state index in [0.29, 0.717) is 5.15 Å². The molecule has 3 aromatic rings. The normalized spacial score (nSPS) is 15.9. The number of piperazine rings is 1. The predicted octanol–water partition coefficient (Wildman–Crippen LogP) is 4.28.